The number of benzene rings is 2. The van der Waals surface area contributed by atoms with E-state index in [-0.39, 0.29) is 6.04 Å². The predicted octanol–water partition coefficient (Wildman–Crippen LogP) is 4.74. The molecule has 1 N–H and O–H groups in total. The standard InChI is InChI=1S/C16H15BrN2/c1-11-7-8-13(12(2)9-11)16(10-18)19-15-6-4-3-5-14(15)17/h3-9,16,19H,1-2H3. The summed E-state index contributed by atoms with van der Waals surface area (Å²) in [6.07, 6.45) is 0. The van der Waals surface area contributed by atoms with Gasteiger partial charge in [0.25, 0.3) is 0 Å². The quantitative estimate of drug-likeness (QED) is 0.888. The Morgan fingerprint density at radius 2 is 1.89 bits per heavy atom. The van der Waals surface area contributed by atoms with Crippen LogP contribution in [0.5, 0.6) is 0 Å². The molecule has 1 atom stereocenters. The highest BCUT2D eigenvalue weighted by atomic mass is 79.9. The van der Waals surface area contributed by atoms with Crippen LogP contribution in [0.1, 0.15) is 22.7 Å². The van der Waals surface area contributed by atoms with E-state index in [9.17, 15) is 5.26 Å². The van der Waals surface area contributed by atoms with Crippen LogP contribution in [0.15, 0.2) is 46.9 Å². The van der Waals surface area contributed by atoms with Gasteiger partial charge in [0.2, 0.25) is 0 Å². The van der Waals surface area contributed by atoms with Crippen molar-refractivity contribution in [3.8, 4) is 6.07 Å². The van der Waals surface area contributed by atoms with Crippen molar-refractivity contribution in [3.05, 3.63) is 63.6 Å². The lowest BCUT2D eigenvalue weighted by Gasteiger charge is -2.17. The third-order valence-corrected chi connectivity index (χ3v) is 3.73. The zero-order valence-electron chi connectivity index (χ0n) is 10.9. The van der Waals surface area contributed by atoms with Gasteiger partial charge < -0.3 is 5.32 Å². The van der Waals surface area contributed by atoms with E-state index in [0.29, 0.717) is 0 Å². The lowest BCUT2D eigenvalue weighted by molar-refractivity contribution is 0.978. The molecule has 1 unspecified atom stereocenters. The summed E-state index contributed by atoms with van der Waals surface area (Å²) in [4.78, 5) is 0. The van der Waals surface area contributed by atoms with E-state index < -0.39 is 0 Å². The average Bonchev–Trinajstić information content (AvgIpc) is 2.39. The van der Waals surface area contributed by atoms with E-state index in [2.05, 4.69) is 40.3 Å². The Kier molecular flexibility index (Phi) is 4.24. The van der Waals surface area contributed by atoms with Crippen LogP contribution in [0.4, 0.5) is 5.69 Å². The van der Waals surface area contributed by atoms with Crippen molar-refractivity contribution < 1.29 is 0 Å². The van der Waals surface area contributed by atoms with E-state index >= 15 is 0 Å². The Bertz CT molecular complexity index is 629. The second-order valence-corrected chi connectivity index (χ2v) is 5.40. The third-order valence-electron chi connectivity index (χ3n) is 3.04. The largest absolute Gasteiger partial charge is 0.365 e. The van der Waals surface area contributed by atoms with Crippen molar-refractivity contribution in [2.24, 2.45) is 0 Å². The first-order chi connectivity index (χ1) is 9.11. The number of halogens is 1. The summed E-state index contributed by atoms with van der Waals surface area (Å²) in [5, 5.41) is 12.7. The summed E-state index contributed by atoms with van der Waals surface area (Å²) in [6.45, 7) is 4.09. The molecule has 0 heterocycles. The van der Waals surface area contributed by atoms with Gasteiger partial charge in [0.1, 0.15) is 6.04 Å². The minimum Gasteiger partial charge on any atom is -0.365 e. The minimum absolute atomic E-state index is 0.348. The maximum Gasteiger partial charge on any atom is 0.140 e. The van der Waals surface area contributed by atoms with Gasteiger partial charge in [0.05, 0.1) is 6.07 Å². The van der Waals surface area contributed by atoms with E-state index in [1.165, 1.54) is 5.56 Å². The second-order valence-electron chi connectivity index (χ2n) is 4.55. The van der Waals surface area contributed by atoms with E-state index in [4.69, 9.17) is 0 Å². The highest BCUT2D eigenvalue weighted by molar-refractivity contribution is 9.10. The summed E-state index contributed by atoms with van der Waals surface area (Å²) < 4.78 is 0.958. The SMILES string of the molecule is Cc1ccc(C(C#N)Nc2ccccc2Br)c(C)c1. The molecular weight excluding hydrogens is 300 g/mol. The van der Waals surface area contributed by atoms with Gasteiger partial charge in [-0.2, -0.15) is 5.26 Å². The average molecular weight is 315 g/mol. The van der Waals surface area contributed by atoms with Gasteiger partial charge in [-0.25, -0.2) is 0 Å². The number of aryl methyl sites for hydroxylation is 2. The second kappa shape index (κ2) is 5.90. The molecule has 0 fully saturated rings. The fraction of sp³-hybridized carbons (Fsp3) is 0.188. The van der Waals surface area contributed by atoms with Crippen LogP contribution < -0.4 is 5.32 Å². The number of rotatable bonds is 3. The highest BCUT2D eigenvalue weighted by Crippen LogP contribution is 2.27. The molecule has 2 nitrogen and oxygen atoms in total. The maximum atomic E-state index is 9.40. The first kappa shape index (κ1) is 13.6. The fourth-order valence-corrected chi connectivity index (χ4v) is 2.46. The first-order valence-corrected chi connectivity index (χ1v) is 6.89. The lowest BCUT2D eigenvalue weighted by atomic mass is 10.00. The number of para-hydroxylation sites is 1. The molecule has 3 heteroatoms. The van der Waals surface area contributed by atoms with Crippen molar-refractivity contribution in [3.63, 3.8) is 0 Å². The van der Waals surface area contributed by atoms with Crippen molar-refractivity contribution in [2.75, 3.05) is 5.32 Å². The molecule has 19 heavy (non-hydrogen) atoms. The molecule has 96 valence electrons. The summed E-state index contributed by atoms with van der Waals surface area (Å²) in [6, 6.07) is 15.9. The highest BCUT2D eigenvalue weighted by Gasteiger charge is 2.13. The number of hydrogen-bond donors (Lipinski definition) is 1. The van der Waals surface area contributed by atoms with Gasteiger partial charge in [-0.1, -0.05) is 35.9 Å². The van der Waals surface area contributed by atoms with Crippen molar-refractivity contribution in [2.45, 2.75) is 19.9 Å². The third kappa shape index (κ3) is 3.15. The molecule has 0 aliphatic carbocycles. The molecule has 0 bridgehead atoms. The Morgan fingerprint density at radius 3 is 2.53 bits per heavy atom. The minimum atomic E-state index is -0.348. The zero-order chi connectivity index (χ0) is 13.8. The summed E-state index contributed by atoms with van der Waals surface area (Å²) in [7, 11) is 0. The first-order valence-electron chi connectivity index (χ1n) is 6.09. The topological polar surface area (TPSA) is 35.8 Å². The van der Waals surface area contributed by atoms with Gasteiger partial charge in [-0.15, -0.1) is 0 Å². The number of nitrogens with one attached hydrogen (secondary N) is 1. The van der Waals surface area contributed by atoms with Gasteiger partial charge in [0, 0.05) is 10.2 Å². The van der Waals surface area contributed by atoms with Crippen LogP contribution in [-0.4, -0.2) is 0 Å². The Labute approximate surface area is 122 Å². The molecule has 0 aliphatic rings. The predicted molar refractivity (Wildman–Crippen MR) is 82.0 cm³/mol. The van der Waals surface area contributed by atoms with Gasteiger partial charge in [-0.05, 0) is 53.0 Å². The summed E-state index contributed by atoms with van der Waals surface area (Å²) in [5.41, 5.74) is 4.28. The molecule has 0 aliphatic heterocycles. The van der Waals surface area contributed by atoms with Crippen molar-refractivity contribution in [1.29, 1.82) is 5.26 Å². The van der Waals surface area contributed by atoms with Crippen molar-refractivity contribution >= 4 is 21.6 Å². The smallest absolute Gasteiger partial charge is 0.140 e. The van der Waals surface area contributed by atoms with E-state index in [0.717, 1.165) is 21.3 Å². The molecule has 0 radical (unpaired) electrons. The molecular formula is C16H15BrN2. The van der Waals surface area contributed by atoms with Crippen molar-refractivity contribution in [1.82, 2.24) is 0 Å². The van der Waals surface area contributed by atoms with E-state index in [1.807, 2.05) is 43.3 Å². The Balaban J connectivity index is 2.31. The normalized spacial score (nSPS) is 11.7. The van der Waals surface area contributed by atoms with Crippen LogP contribution in [0.25, 0.3) is 0 Å². The molecule has 2 rings (SSSR count). The van der Waals surface area contributed by atoms with Gasteiger partial charge in [0.15, 0.2) is 0 Å². The summed E-state index contributed by atoms with van der Waals surface area (Å²) >= 11 is 3.48. The Hall–Kier alpha value is -1.79. The van der Waals surface area contributed by atoms with E-state index in [1.54, 1.807) is 0 Å². The number of nitriles is 1. The van der Waals surface area contributed by atoms with Crippen LogP contribution in [0.3, 0.4) is 0 Å². The number of nitrogens with zero attached hydrogens (tertiary/aromatic N) is 1. The van der Waals surface area contributed by atoms with Crippen LogP contribution in [-0.2, 0) is 0 Å². The maximum absolute atomic E-state index is 9.40. The molecule has 2 aromatic carbocycles. The molecule has 0 amide bonds. The fourth-order valence-electron chi connectivity index (χ4n) is 2.06. The molecule has 2 aromatic rings. The zero-order valence-corrected chi connectivity index (χ0v) is 12.5. The molecule has 0 saturated carbocycles. The molecule has 0 spiro atoms. The summed E-state index contributed by atoms with van der Waals surface area (Å²) in [5.74, 6) is 0. The molecule has 0 aromatic heterocycles. The molecule has 0 saturated heterocycles. The van der Waals surface area contributed by atoms with Gasteiger partial charge in [-0.3, -0.25) is 0 Å². The lowest BCUT2D eigenvalue weighted by Crippen LogP contribution is -2.10. The van der Waals surface area contributed by atoms with Gasteiger partial charge >= 0.3 is 0 Å². The number of anilines is 1. The monoisotopic (exact) mass is 314 g/mol. The van der Waals surface area contributed by atoms with Crippen LogP contribution in [0, 0.1) is 25.2 Å². The van der Waals surface area contributed by atoms with Crippen LogP contribution in [0.2, 0.25) is 0 Å². The number of hydrogen-bond acceptors (Lipinski definition) is 2. The Morgan fingerprint density at radius 1 is 1.16 bits per heavy atom. The van der Waals surface area contributed by atoms with Crippen LogP contribution >= 0.6 is 15.9 Å².